The standard InChI is InChI=1S/C14H21FN2OS.ClH/c1-10(11(2)16)14(18)17-7-8-19-9-12-5-3-4-6-13(12)15;/h3-6,10-11H,7-9,16H2,1-2H3,(H,17,18);1H. The minimum atomic E-state index is -0.184. The van der Waals surface area contributed by atoms with Gasteiger partial charge in [-0.1, -0.05) is 25.1 Å². The number of amides is 1. The van der Waals surface area contributed by atoms with Crippen LogP contribution >= 0.6 is 24.2 Å². The van der Waals surface area contributed by atoms with E-state index in [1.54, 1.807) is 23.9 Å². The minimum Gasteiger partial charge on any atom is -0.355 e. The maximum Gasteiger partial charge on any atom is 0.224 e. The molecular formula is C14H22ClFN2OS. The van der Waals surface area contributed by atoms with Crippen LogP contribution in [0, 0.1) is 11.7 Å². The van der Waals surface area contributed by atoms with Crippen LogP contribution < -0.4 is 11.1 Å². The lowest BCUT2D eigenvalue weighted by atomic mass is 10.0. The molecule has 6 heteroatoms. The largest absolute Gasteiger partial charge is 0.355 e. The van der Waals surface area contributed by atoms with Gasteiger partial charge in [-0.3, -0.25) is 4.79 Å². The fraction of sp³-hybridized carbons (Fsp3) is 0.500. The molecule has 0 heterocycles. The van der Waals surface area contributed by atoms with Crippen LogP contribution in [0.15, 0.2) is 24.3 Å². The van der Waals surface area contributed by atoms with E-state index >= 15 is 0 Å². The van der Waals surface area contributed by atoms with Gasteiger partial charge >= 0.3 is 0 Å². The van der Waals surface area contributed by atoms with Crippen molar-refractivity contribution in [1.29, 1.82) is 0 Å². The number of rotatable bonds is 7. The first-order chi connectivity index (χ1) is 9.02. The van der Waals surface area contributed by atoms with Gasteiger partial charge < -0.3 is 11.1 Å². The van der Waals surface area contributed by atoms with E-state index in [2.05, 4.69) is 5.32 Å². The van der Waals surface area contributed by atoms with Gasteiger partial charge in [0.2, 0.25) is 5.91 Å². The van der Waals surface area contributed by atoms with Crippen LogP contribution in [0.25, 0.3) is 0 Å². The molecule has 0 saturated heterocycles. The average Bonchev–Trinajstić information content (AvgIpc) is 2.39. The molecule has 1 rings (SSSR count). The Morgan fingerprint density at radius 1 is 1.40 bits per heavy atom. The van der Waals surface area contributed by atoms with Gasteiger partial charge in [-0.25, -0.2) is 4.39 Å². The molecule has 1 amide bonds. The zero-order valence-corrected chi connectivity index (χ0v) is 13.4. The maximum absolute atomic E-state index is 13.3. The molecule has 20 heavy (non-hydrogen) atoms. The van der Waals surface area contributed by atoms with Crippen LogP contribution in [-0.4, -0.2) is 24.2 Å². The predicted molar refractivity (Wildman–Crippen MR) is 85.6 cm³/mol. The monoisotopic (exact) mass is 320 g/mol. The van der Waals surface area contributed by atoms with Crippen LogP contribution in [0.4, 0.5) is 4.39 Å². The predicted octanol–water partition coefficient (Wildman–Crippen LogP) is 2.58. The van der Waals surface area contributed by atoms with E-state index in [-0.39, 0.29) is 36.1 Å². The Morgan fingerprint density at radius 2 is 2.05 bits per heavy atom. The van der Waals surface area contributed by atoms with Crippen molar-refractivity contribution in [3.05, 3.63) is 35.6 Å². The Balaban J connectivity index is 0.00000361. The summed E-state index contributed by atoms with van der Waals surface area (Å²) in [5.41, 5.74) is 6.35. The van der Waals surface area contributed by atoms with Gasteiger partial charge in [-0.05, 0) is 18.6 Å². The number of hydrogen-bond acceptors (Lipinski definition) is 3. The summed E-state index contributed by atoms with van der Waals surface area (Å²) in [5.74, 6) is 0.986. The van der Waals surface area contributed by atoms with Crippen molar-refractivity contribution in [2.45, 2.75) is 25.6 Å². The van der Waals surface area contributed by atoms with Crippen LogP contribution in [-0.2, 0) is 10.5 Å². The molecule has 1 aromatic carbocycles. The first-order valence-corrected chi connectivity index (χ1v) is 7.52. The number of carbonyl (C=O) groups excluding carboxylic acids is 1. The van der Waals surface area contributed by atoms with E-state index in [1.165, 1.54) is 6.07 Å². The van der Waals surface area contributed by atoms with Crippen molar-refractivity contribution >= 4 is 30.1 Å². The quantitative estimate of drug-likeness (QED) is 0.759. The molecule has 2 atom stereocenters. The van der Waals surface area contributed by atoms with Gasteiger partial charge in [0.1, 0.15) is 5.82 Å². The number of nitrogens with one attached hydrogen (secondary N) is 1. The highest BCUT2D eigenvalue weighted by atomic mass is 35.5. The number of hydrogen-bond donors (Lipinski definition) is 2. The SMILES string of the molecule is CC(N)C(C)C(=O)NCCSCc1ccccc1F.Cl. The van der Waals surface area contributed by atoms with Gasteiger partial charge in [0.25, 0.3) is 0 Å². The third-order valence-electron chi connectivity index (χ3n) is 2.96. The Kier molecular flexibility index (Phi) is 9.63. The summed E-state index contributed by atoms with van der Waals surface area (Å²) in [6, 6.07) is 6.59. The molecule has 0 aromatic heterocycles. The summed E-state index contributed by atoms with van der Waals surface area (Å²) in [6.07, 6.45) is 0. The Bertz CT molecular complexity index is 418. The van der Waals surface area contributed by atoms with Crippen molar-refractivity contribution in [1.82, 2.24) is 5.32 Å². The number of nitrogens with two attached hydrogens (primary N) is 1. The maximum atomic E-state index is 13.3. The molecule has 1 aromatic rings. The summed E-state index contributed by atoms with van der Waals surface area (Å²) in [7, 11) is 0. The molecule has 0 fully saturated rings. The topological polar surface area (TPSA) is 55.1 Å². The third kappa shape index (κ3) is 6.59. The molecule has 0 spiro atoms. The molecule has 0 aliphatic rings. The molecule has 3 N–H and O–H groups in total. The van der Waals surface area contributed by atoms with E-state index in [9.17, 15) is 9.18 Å². The number of thioether (sulfide) groups is 1. The highest BCUT2D eigenvalue weighted by molar-refractivity contribution is 7.98. The van der Waals surface area contributed by atoms with Crippen molar-refractivity contribution < 1.29 is 9.18 Å². The van der Waals surface area contributed by atoms with Crippen molar-refractivity contribution in [2.24, 2.45) is 11.7 Å². The Morgan fingerprint density at radius 3 is 2.65 bits per heavy atom. The highest BCUT2D eigenvalue weighted by Gasteiger charge is 2.15. The third-order valence-corrected chi connectivity index (χ3v) is 3.97. The van der Waals surface area contributed by atoms with Gasteiger partial charge in [-0.2, -0.15) is 11.8 Å². The molecule has 2 unspecified atom stereocenters. The van der Waals surface area contributed by atoms with Crippen molar-refractivity contribution in [3.63, 3.8) is 0 Å². The average molecular weight is 321 g/mol. The van der Waals surface area contributed by atoms with Crippen LogP contribution in [0.3, 0.4) is 0 Å². The van der Waals surface area contributed by atoms with Crippen LogP contribution in [0.1, 0.15) is 19.4 Å². The molecule has 0 saturated carbocycles. The first-order valence-electron chi connectivity index (χ1n) is 6.36. The van der Waals surface area contributed by atoms with E-state index in [1.807, 2.05) is 19.9 Å². The normalized spacial score (nSPS) is 13.2. The van der Waals surface area contributed by atoms with Crippen molar-refractivity contribution in [3.8, 4) is 0 Å². The summed E-state index contributed by atoms with van der Waals surface area (Å²) < 4.78 is 13.3. The zero-order valence-electron chi connectivity index (χ0n) is 11.8. The molecule has 0 aliphatic heterocycles. The second-order valence-electron chi connectivity index (χ2n) is 4.58. The van der Waals surface area contributed by atoms with E-state index in [0.717, 1.165) is 5.75 Å². The van der Waals surface area contributed by atoms with Crippen LogP contribution in [0.2, 0.25) is 0 Å². The van der Waals surface area contributed by atoms with Gasteiger partial charge in [0.15, 0.2) is 0 Å². The number of carbonyl (C=O) groups is 1. The van der Waals surface area contributed by atoms with E-state index in [4.69, 9.17) is 5.73 Å². The summed E-state index contributed by atoms with van der Waals surface area (Å²) in [4.78, 5) is 11.6. The lowest BCUT2D eigenvalue weighted by molar-refractivity contribution is -0.124. The second-order valence-corrected chi connectivity index (χ2v) is 5.69. The lowest BCUT2D eigenvalue weighted by Gasteiger charge is -2.15. The molecule has 3 nitrogen and oxygen atoms in total. The highest BCUT2D eigenvalue weighted by Crippen LogP contribution is 2.14. The second kappa shape index (κ2) is 10.0. The van der Waals surface area contributed by atoms with E-state index in [0.29, 0.717) is 17.9 Å². The number of halogens is 2. The Hall–Kier alpha value is -0.780. The molecule has 0 aliphatic carbocycles. The van der Waals surface area contributed by atoms with E-state index < -0.39 is 0 Å². The zero-order chi connectivity index (χ0) is 14.3. The molecule has 114 valence electrons. The smallest absolute Gasteiger partial charge is 0.224 e. The Labute approximate surface area is 130 Å². The van der Waals surface area contributed by atoms with Gasteiger partial charge in [0, 0.05) is 30.0 Å². The molecule has 0 bridgehead atoms. The van der Waals surface area contributed by atoms with Crippen molar-refractivity contribution in [2.75, 3.05) is 12.3 Å². The lowest BCUT2D eigenvalue weighted by Crippen LogP contribution is -2.39. The minimum absolute atomic E-state index is 0. The van der Waals surface area contributed by atoms with Crippen LogP contribution in [0.5, 0.6) is 0 Å². The molecular weight excluding hydrogens is 299 g/mol. The summed E-state index contributed by atoms with van der Waals surface area (Å²) >= 11 is 1.60. The molecule has 0 radical (unpaired) electrons. The number of benzene rings is 1. The fourth-order valence-corrected chi connectivity index (χ4v) is 2.29. The van der Waals surface area contributed by atoms with Gasteiger partial charge in [0.05, 0.1) is 0 Å². The first kappa shape index (κ1) is 19.2. The van der Waals surface area contributed by atoms with Gasteiger partial charge in [-0.15, -0.1) is 12.4 Å². The fourth-order valence-electron chi connectivity index (χ4n) is 1.44. The summed E-state index contributed by atoms with van der Waals surface area (Å²) in [6.45, 7) is 4.21. The summed E-state index contributed by atoms with van der Waals surface area (Å²) in [5, 5.41) is 2.83.